The molecule has 1 unspecified atom stereocenters. The fraction of sp³-hybridized carbons (Fsp3) is 0.196. The first-order chi connectivity index (χ1) is 25.3. The van der Waals surface area contributed by atoms with Crippen molar-refractivity contribution in [3.63, 3.8) is 0 Å². The maximum atomic E-state index is 6.66. The number of aryl methyl sites for hydroxylation is 4. The van der Waals surface area contributed by atoms with Crippen LogP contribution in [-0.4, -0.2) is 8.80 Å². The van der Waals surface area contributed by atoms with Gasteiger partial charge in [-0.2, -0.15) is 0 Å². The van der Waals surface area contributed by atoms with Crippen molar-refractivity contribution in [2.75, 3.05) is 0 Å². The summed E-state index contributed by atoms with van der Waals surface area (Å²) < 4.78 is 12.9. The molecule has 2 aliphatic rings. The van der Waals surface area contributed by atoms with Gasteiger partial charge in [0.1, 0.15) is 11.5 Å². The Hall–Kier alpha value is -3.53. The molecular weight excluding hydrogens is 775 g/mol. The van der Waals surface area contributed by atoms with E-state index in [4.69, 9.17) is 25.9 Å². The summed E-state index contributed by atoms with van der Waals surface area (Å²) in [5, 5.41) is 4.33. The van der Waals surface area contributed by atoms with Gasteiger partial charge < -0.3 is 8.83 Å². The fourth-order valence-corrected chi connectivity index (χ4v) is 10.2. The summed E-state index contributed by atoms with van der Waals surface area (Å²) in [6.07, 6.45) is 5.92. The van der Waals surface area contributed by atoms with Crippen LogP contribution in [0.5, 0.6) is 0 Å². The summed E-state index contributed by atoms with van der Waals surface area (Å²) in [5.41, 5.74) is 16.1. The predicted octanol–water partition coefficient (Wildman–Crippen LogP) is 13.2. The first kappa shape index (κ1) is 35.5. The number of allylic oxidation sites excluding steroid dienone is 1. The molecule has 2 heterocycles. The van der Waals surface area contributed by atoms with Gasteiger partial charge in [-0.3, -0.25) is 0 Å². The maximum absolute atomic E-state index is 6.66. The van der Waals surface area contributed by atoms with E-state index in [-0.39, 0.29) is 5.92 Å². The van der Waals surface area contributed by atoms with Crippen LogP contribution >= 0.6 is 17.0 Å². The predicted molar refractivity (Wildman–Crippen MR) is 218 cm³/mol. The average Bonchev–Trinajstić information content (AvgIpc) is 3.98. The molecule has 9 rings (SSSR count). The molecule has 0 spiro atoms. The molecule has 7 aromatic rings. The summed E-state index contributed by atoms with van der Waals surface area (Å²) in [7, 11) is 8.90. The van der Waals surface area contributed by atoms with Gasteiger partial charge in [0.05, 0.1) is 11.5 Å². The molecule has 2 nitrogen and oxygen atoms in total. The van der Waals surface area contributed by atoms with Gasteiger partial charge in [-0.25, -0.2) is 0 Å². The van der Waals surface area contributed by atoms with Gasteiger partial charge in [0, 0.05) is 20.3 Å². The first-order valence-corrected chi connectivity index (χ1v) is 26.8. The topological polar surface area (TPSA) is 26.3 Å². The number of hydrogen-bond donors (Lipinski definition) is 0. The third-order valence-electron chi connectivity index (χ3n) is 10.7. The van der Waals surface area contributed by atoms with Gasteiger partial charge in [0.2, 0.25) is 0 Å². The summed E-state index contributed by atoms with van der Waals surface area (Å²) in [6.45, 7) is 11.2. The standard InChI is InChI=1S/C46H40O2Si.2ClH.Zr/c1-27-18-21-34-32(24-27)26-37(35-15-9-10-16-36(35)39-22-19-28(2)47-39)42(34)43-38-25-31-14-11-17-33(31)41(30-12-7-6-8-13-30)44(38)46(49(4)5)45(43)40-23-20-29(3)48-40;;;/h6-10,12-13,15-16,18-26,42H,11,14,17H2,1-5H3;2*1H;/q-1;;;+2/p-2. The number of fused-ring (bicyclic) bond motifs is 3. The molecule has 0 amide bonds. The van der Waals surface area contributed by atoms with Crippen molar-refractivity contribution in [1.29, 1.82) is 0 Å². The van der Waals surface area contributed by atoms with E-state index in [1.54, 1.807) is 5.56 Å². The van der Waals surface area contributed by atoms with Crippen molar-refractivity contribution in [2.45, 2.75) is 59.0 Å². The third-order valence-corrected chi connectivity index (χ3v) is 12.2. The van der Waals surface area contributed by atoms with Gasteiger partial charge in [-0.1, -0.05) is 120 Å². The summed E-state index contributed by atoms with van der Waals surface area (Å²) in [4.78, 5) is 0. The van der Waals surface area contributed by atoms with Crippen LogP contribution in [0.2, 0.25) is 13.1 Å². The first-order valence-electron chi connectivity index (χ1n) is 18.0. The van der Waals surface area contributed by atoms with Crippen LogP contribution in [0.4, 0.5) is 0 Å². The third kappa shape index (κ3) is 6.20. The molecule has 259 valence electrons. The molecule has 0 saturated carbocycles. The molecule has 5 aromatic carbocycles. The van der Waals surface area contributed by atoms with Crippen LogP contribution in [0.15, 0.2) is 112 Å². The van der Waals surface area contributed by atoms with Gasteiger partial charge in [-0.15, -0.1) is 22.0 Å². The number of furan rings is 2. The summed E-state index contributed by atoms with van der Waals surface area (Å²) in [5.74, 6) is 3.78. The Bertz CT molecular complexity index is 2460. The van der Waals surface area contributed by atoms with Crippen LogP contribution in [0, 0.1) is 20.8 Å². The van der Waals surface area contributed by atoms with E-state index in [0.29, 0.717) is 0 Å². The van der Waals surface area contributed by atoms with E-state index >= 15 is 0 Å². The van der Waals surface area contributed by atoms with Gasteiger partial charge >= 0.3 is 37.9 Å². The van der Waals surface area contributed by atoms with E-state index in [0.717, 1.165) is 41.4 Å². The summed E-state index contributed by atoms with van der Waals surface area (Å²) >= 11 is -0.826. The Kier molecular flexibility index (Phi) is 10.0. The van der Waals surface area contributed by atoms with Crippen LogP contribution < -0.4 is 5.19 Å². The minimum atomic E-state index is -0.965. The second-order valence-corrected chi connectivity index (χ2v) is 20.5. The number of halogens is 2. The number of hydrogen-bond acceptors (Lipinski definition) is 2. The molecule has 2 aliphatic carbocycles. The molecule has 0 N–H and O–H groups in total. The van der Waals surface area contributed by atoms with E-state index in [1.165, 1.54) is 78.0 Å². The van der Waals surface area contributed by atoms with Crippen molar-refractivity contribution in [2.24, 2.45) is 0 Å². The van der Waals surface area contributed by atoms with E-state index in [9.17, 15) is 0 Å². The van der Waals surface area contributed by atoms with Gasteiger partial charge in [-0.05, 0) is 97.7 Å². The zero-order valence-corrected chi connectivity index (χ0v) is 35.1. The summed E-state index contributed by atoms with van der Waals surface area (Å²) in [6, 6.07) is 38.1. The number of benzene rings is 4. The monoisotopic (exact) mass is 812 g/mol. The Morgan fingerprint density at radius 1 is 0.750 bits per heavy atom. The molecule has 0 bridgehead atoms. The van der Waals surface area contributed by atoms with Crippen molar-refractivity contribution in [1.82, 2.24) is 0 Å². The quantitative estimate of drug-likeness (QED) is 0.123. The van der Waals surface area contributed by atoms with Gasteiger partial charge in [0.25, 0.3) is 0 Å². The molecular formula is C46H40Cl2O2SiZr-. The molecule has 0 aliphatic heterocycles. The zero-order valence-electron chi connectivity index (χ0n) is 30.2. The van der Waals surface area contributed by atoms with Crippen molar-refractivity contribution >= 4 is 53.4 Å². The van der Waals surface area contributed by atoms with Crippen molar-refractivity contribution < 1.29 is 29.7 Å². The minimum absolute atomic E-state index is 0.0221. The van der Waals surface area contributed by atoms with Crippen LogP contribution in [-0.2, 0) is 33.7 Å². The van der Waals surface area contributed by atoms with Crippen LogP contribution in [0.1, 0.15) is 62.8 Å². The molecule has 6 heteroatoms. The Morgan fingerprint density at radius 3 is 2.10 bits per heavy atom. The average molecular weight is 815 g/mol. The van der Waals surface area contributed by atoms with Crippen molar-refractivity contribution in [3.05, 3.63) is 154 Å². The Balaban J connectivity index is 0.00000125. The second-order valence-electron chi connectivity index (χ2n) is 14.3. The molecule has 0 fully saturated rings. The molecule has 1 atom stereocenters. The normalized spacial score (nSPS) is 14.7. The Morgan fingerprint density at radius 2 is 1.42 bits per heavy atom. The second kappa shape index (κ2) is 14.7. The van der Waals surface area contributed by atoms with Crippen LogP contribution in [0.25, 0.3) is 56.2 Å². The molecule has 0 saturated heterocycles. The van der Waals surface area contributed by atoms with Crippen molar-refractivity contribution in [3.8, 4) is 33.8 Å². The SMILES string of the molecule is Cc1ccc2c(c1)C=C(c1ccccc1-c1ccc(C)o1)C2[c-]1c(-c2ccc(C)o2)c([Si](C)C)c2c(-c3ccccc3)c3c(cc21)CCC3.[Cl][Zr][Cl]. The molecule has 52 heavy (non-hydrogen) atoms. The number of rotatable bonds is 6. The van der Waals surface area contributed by atoms with E-state index in [1.807, 2.05) is 6.92 Å². The zero-order chi connectivity index (χ0) is 36.1. The molecule has 1 radical (unpaired) electrons. The van der Waals surface area contributed by atoms with E-state index < -0.39 is 29.6 Å². The van der Waals surface area contributed by atoms with Crippen LogP contribution in [0.3, 0.4) is 0 Å². The molecule has 2 aromatic heterocycles. The van der Waals surface area contributed by atoms with E-state index in [2.05, 4.69) is 136 Å². The fourth-order valence-electron chi connectivity index (χ4n) is 8.73. The Labute approximate surface area is 327 Å². The van der Waals surface area contributed by atoms with Gasteiger partial charge in [0.15, 0.2) is 0 Å².